The van der Waals surface area contributed by atoms with Gasteiger partial charge in [0.1, 0.15) is 23.2 Å². The van der Waals surface area contributed by atoms with Crippen LogP contribution in [0.4, 0.5) is 8.78 Å². The minimum atomic E-state index is -0.982. The van der Waals surface area contributed by atoms with Crippen molar-refractivity contribution < 1.29 is 18.4 Å². The molecule has 1 aromatic heterocycles. The second-order valence-corrected chi connectivity index (χ2v) is 8.24. The zero-order chi connectivity index (χ0) is 22.9. The molecule has 7 nitrogen and oxygen atoms in total. The van der Waals surface area contributed by atoms with Crippen molar-refractivity contribution in [1.29, 1.82) is 5.26 Å². The topological polar surface area (TPSA) is 114 Å². The van der Waals surface area contributed by atoms with Crippen LogP contribution in [-0.4, -0.2) is 27.6 Å². The SMILES string of the molecule is CC(C)(C)[C@H](NC(=O)c1nn(Cc2ccc(C#N)cc2F)c2c(F)cccc12)C(N)=O. The van der Waals surface area contributed by atoms with E-state index in [1.807, 2.05) is 6.07 Å². The van der Waals surface area contributed by atoms with Crippen LogP contribution in [0.1, 0.15) is 42.4 Å². The van der Waals surface area contributed by atoms with Crippen molar-refractivity contribution in [3.8, 4) is 6.07 Å². The summed E-state index contributed by atoms with van der Waals surface area (Å²) < 4.78 is 30.2. The van der Waals surface area contributed by atoms with Gasteiger partial charge < -0.3 is 11.1 Å². The summed E-state index contributed by atoms with van der Waals surface area (Å²) in [6.45, 7) is 5.06. The maximum absolute atomic E-state index is 14.6. The molecule has 3 N–H and O–H groups in total. The summed E-state index contributed by atoms with van der Waals surface area (Å²) in [7, 11) is 0. The van der Waals surface area contributed by atoms with E-state index in [0.29, 0.717) is 0 Å². The monoisotopic (exact) mass is 425 g/mol. The predicted octanol–water partition coefficient (Wildman–Crippen LogP) is 2.86. The number of halogens is 2. The van der Waals surface area contributed by atoms with E-state index in [4.69, 9.17) is 11.0 Å². The lowest BCUT2D eigenvalue weighted by Crippen LogP contribution is -2.52. The highest BCUT2D eigenvalue weighted by atomic mass is 19.1. The molecule has 0 bridgehead atoms. The number of nitrogens with zero attached hydrogens (tertiary/aromatic N) is 3. The second kappa shape index (κ2) is 8.14. The van der Waals surface area contributed by atoms with Gasteiger partial charge in [-0.05, 0) is 23.6 Å². The minimum absolute atomic E-state index is 0.0165. The zero-order valence-corrected chi connectivity index (χ0v) is 17.2. The van der Waals surface area contributed by atoms with Crippen LogP contribution in [0.15, 0.2) is 36.4 Å². The van der Waals surface area contributed by atoms with E-state index in [9.17, 15) is 18.4 Å². The van der Waals surface area contributed by atoms with Crippen LogP contribution in [0.5, 0.6) is 0 Å². The summed E-state index contributed by atoms with van der Waals surface area (Å²) in [5.41, 5.74) is 5.00. The first kappa shape index (κ1) is 21.9. The maximum Gasteiger partial charge on any atom is 0.273 e. The van der Waals surface area contributed by atoms with Gasteiger partial charge in [-0.15, -0.1) is 0 Å². The molecule has 0 fully saturated rings. The predicted molar refractivity (Wildman–Crippen MR) is 110 cm³/mol. The first-order valence-electron chi connectivity index (χ1n) is 9.46. The van der Waals surface area contributed by atoms with Gasteiger partial charge in [0.25, 0.3) is 5.91 Å². The molecule has 0 aliphatic rings. The summed E-state index contributed by atoms with van der Waals surface area (Å²) >= 11 is 0. The summed E-state index contributed by atoms with van der Waals surface area (Å²) in [6.07, 6.45) is 0. The number of carbonyl (C=O) groups excluding carboxylic acids is 2. The van der Waals surface area contributed by atoms with Crippen molar-refractivity contribution in [3.63, 3.8) is 0 Å². The van der Waals surface area contributed by atoms with Crippen molar-refractivity contribution in [2.24, 2.45) is 11.1 Å². The number of aromatic nitrogens is 2. The number of nitrogens with one attached hydrogen (secondary N) is 1. The molecule has 0 saturated carbocycles. The molecule has 0 radical (unpaired) electrons. The van der Waals surface area contributed by atoms with Gasteiger partial charge in [0.2, 0.25) is 5.91 Å². The van der Waals surface area contributed by atoms with E-state index < -0.39 is 34.9 Å². The molecule has 0 unspecified atom stereocenters. The van der Waals surface area contributed by atoms with Gasteiger partial charge in [-0.2, -0.15) is 10.4 Å². The molecule has 0 saturated heterocycles. The Morgan fingerprint density at radius 3 is 2.52 bits per heavy atom. The van der Waals surface area contributed by atoms with Gasteiger partial charge >= 0.3 is 0 Å². The second-order valence-electron chi connectivity index (χ2n) is 8.24. The maximum atomic E-state index is 14.6. The minimum Gasteiger partial charge on any atom is -0.368 e. The molecule has 0 aliphatic carbocycles. The smallest absolute Gasteiger partial charge is 0.273 e. The summed E-state index contributed by atoms with van der Waals surface area (Å²) in [5, 5.41) is 15.9. The number of amides is 2. The molecule has 31 heavy (non-hydrogen) atoms. The third-order valence-electron chi connectivity index (χ3n) is 4.86. The lowest BCUT2D eigenvalue weighted by Gasteiger charge is -2.28. The largest absolute Gasteiger partial charge is 0.368 e. The average Bonchev–Trinajstić information content (AvgIpc) is 3.06. The number of fused-ring (bicyclic) bond motifs is 1. The van der Waals surface area contributed by atoms with E-state index >= 15 is 0 Å². The summed E-state index contributed by atoms with van der Waals surface area (Å²) in [5.74, 6) is -2.70. The highest BCUT2D eigenvalue weighted by Gasteiger charge is 2.32. The van der Waals surface area contributed by atoms with Crippen LogP contribution in [0, 0.1) is 28.4 Å². The molecule has 1 atom stereocenters. The van der Waals surface area contributed by atoms with E-state index in [-0.39, 0.29) is 34.3 Å². The Morgan fingerprint density at radius 2 is 1.94 bits per heavy atom. The summed E-state index contributed by atoms with van der Waals surface area (Å²) in [4.78, 5) is 24.7. The number of benzene rings is 2. The molecule has 0 aliphatic heterocycles. The highest BCUT2D eigenvalue weighted by molar-refractivity contribution is 6.06. The third kappa shape index (κ3) is 4.38. The Hall–Kier alpha value is -3.80. The fourth-order valence-electron chi connectivity index (χ4n) is 3.30. The highest BCUT2D eigenvalue weighted by Crippen LogP contribution is 2.25. The van der Waals surface area contributed by atoms with E-state index in [1.54, 1.807) is 20.8 Å². The molecule has 1 heterocycles. The average molecular weight is 425 g/mol. The number of primary amides is 1. The molecular weight excluding hydrogens is 404 g/mol. The lowest BCUT2D eigenvalue weighted by molar-refractivity contribution is -0.122. The van der Waals surface area contributed by atoms with Gasteiger partial charge in [0.15, 0.2) is 5.69 Å². The van der Waals surface area contributed by atoms with Gasteiger partial charge in [-0.25, -0.2) is 8.78 Å². The molecule has 160 valence electrons. The van der Waals surface area contributed by atoms with Crippen LogP contribution in [-0.2, 0) is 11.3 Å². The van der Waals surface area contributed by atoms with Crippen molar-refractivity contribution in [3.05, 3.63) is 64.9 Å². The van der Waals surface area contributed by atoms with Gasteiger partial charge in [-0.3, -0.25) is 14.3 Å². The van der Waals surface area contributed by atoms with E-state index in [2.05, 4.69) is 10.4 Å². The van der Waals surface area contributed by atoms with Crippen LogP contribution in [0.25, 0.3) is 10.9 Å². The third-order valence-corrected chi connectivity index (χ3v) is 4.86. The molecule has 0 spiro atoms. The van der Waals surface area contributed by atoms with Gasteiger partial charge in [0.05, 0.1) is 18.2 Å². The number of hydrogen-bond donors (Lipinski definition) is 2. The summed E-state index contributed by atoms with van der Waals surface area (Å²) in [6, 6.07) is 8.94. The van der Waals surface area contributed by atoms with Crippen LogP contribution in [0.2, 0.25) is 0 Å². The van der Waals surface area contributed by atoms with Crippen molar-refractivity contribution in [2.75, 3.05) is 0 Å². The fraction of sp³-hybridized carbons (Fsp3) is 0.273. The van der Waals surface area contributed by atoms with Crippen LogP contribution in [0.3, 0.4) is 0 Å². The first-order valence-corrected chi connectivity index (χ1v) is 9.46. The number of nitrogens with two attached hydrogens (primary N) is 1. The van der Waals surface area contributed by atoms with Gasteiger partial charge in [-0.1, -0.05) is 39.0 Å². The Balaban J connectivity index is 2.05. The Labute approximate surface area is 177 Å². The Bertz CT molecular complexity index is 1220. The normalized spacial score (nSPS) is 12.4. The van der Waals surface area contributed by atoms with Crippen molar-refractivity contribution in [1.82, 2.24) is 15.1 Å². The molecule has 3 aromatic rings. The lowest BCUT2D eigenvalue weighted by atomic mass is 9.86. The number of hydrogen-bond acceptors (Lipinski definition) is 4. The Morgan fingerprint density at radius 1 is 1.23 bits per heavy atom. The standard InChI is InChI=1S/C22H21F2N5O2/c1-22(2,3)19(20(26)30)27-21(31)17-14-5-4-6-15(23)18(14)29(28-17)11-13-8-7-12(10-25)9-16(13)24/h4-9,19H,11H2,1-3H3,(H2,26,30)(H,27,31)/t19-/m1/s1. The number of carbonyl (C=O) groups is 2. The molecular formula is C22H21F2N5O2. The fourth-order valence-corrected chi connectivity index (χ4v) is 3.30. The van der Waals surface area contributed by atoms with E-state index in [1.165, 1.54) is 35.0 Å². The van der Waals surface area contributed by atoms with Crippen molar-refractivity contribution >= 4 is 22.7 Å². The molecule has 9 heteroatoms. The molecule has 3 rings (SSSR count). The number of rotatable bonds is 5. The van der Waals surface area contributed by atoms with Gasteiger partial charge in [0, 0.05) is 10.9 Å². The van der Waals surface area contributed by atoms with Crippen molar-refractivity contribution in [2.45, 2.75) is 33.4 Å². The zero-order valence-electron chi connectivity index (χ0n) is 17.2. The Kier molecular flexibility index (Phi) is 5.75. The first-order chi connectivity index (χ1) is 14.5. The number of para-hydroxylation sites is 1. The molecule has 2 aromatic carbocycles. The molecule has 2 amide bonds. The van der Waals surface area contributed by atoms with E-state index in [0.717, 1.165) is 6.07 Å². The van der Waals surface area contributed by atoms with Crippen LogP contribution >= 0.6 is 0 Å². The quantitative estimate of drug-likeness (QED) is 0.654. The van der Waals surface area contributed by atoms with Crippen LogP contribution < -0.4 is 11.1 Å². The number of nitriles is 1.